The number of aromatic nitrogens is 1. The quantitative estimate of drug-likeness (QED) is 0.620. The lowest BCUT2D eigenvalue weighted by atomic mass is 10.3. The van der Waals surface area contributed by atoms with Gasteiger partial charge in [0.2, 0.25) is 0 Å². The molecule has 0 aromatic carbocycles. The van der Waals surface area contributed by atoms with Crippen LogP contribution in [0.4, 0.5) is 0 Å². The first-order valence-electron chi connectivity index (χ1n) is 3.55. The molecule has 0 fully saturated rings. The fourth-order valence-electron chi connectivity index (χ4n) is 0.519. The number of hydrogen-bond donors (Lipinski definition) is 2. The third kappa shape index (κ3) is 5.51. The highest BCUT2D eigenvalue weighted by Gasteiger charge is 1.81. The number of pyridine rings is 1. The van der Waals surface area contributed by atoms with Gasteiger partial charge < -0.3 is 10.8 Å². The SMILES string of the molecule is CCO.NCc1cccnc1. The second kappa shape index (κ2) is 7.18. The van der Waals surface area contributed by atoms with Crippen LogP contribution in [0.25, 0.3) is 0 Å². The van der Waals surface area contributed by atoms with Gasteiger partial charge in [-0.25, -0.2) is 0 Å². The Morgan fingerprint density at radius 3 is 2.55 bits per heavy atom. The second-order valence-corrected chi connectivity index (χ2v) is 1.88. The maximum absolute atomic E-state index is 7.57. The third-order valence-corrected chi connectivity index (χ3v) is 0.958. The molecular weight excluding hydrogens is 140 g/mol. The molecule has 3 nitrogen and oxygen atoms in total. The van der Waals surface area contributed by atoms with Crippen LogP contribution in [0.2, 0.25) is 0 Å². The largest absolute Gasteiger partial charge is 0.397 e. The van der Waals surface area contributed by atoms with E-state index in [1.807, 2.05) is 12.1 Å². The summed E-state index contributed by atoms with van der Waals surface area (Å²) in [4.78, 5) is 3.88. The Morgan fingerprint density at radius 1 is 1.64 bits per heavy atom. The van der Waals surface area contributed by atoms with Crippen molar-refractivity contribution >= 4 is 0 Å². The Kier molecular flexibility index (Phi) is 6.57. The van der Waals surface area contributed by atoms with E-state index in [2.05, 4.69) is 4.98 Å². The zero-order chi connectivity index (χ0) is 8.53. The van der Waals surface area contributed by atoms with Crippen molar-refractivity contribution in [1.82, 2.24) is 4.98 Å². The molecular formula is C8H14N2O. The molecule has 0 unspecified atom stereocenters. The summed E-state index contributed by atoms with van der Waals surface area (Å²) in [6.45, 7) is 2.51. The maximum atomic E-state index is 7.57. The number of nitrogens with two attached hydrogens (primary N) is 1. The lowest BCUT2D eigenvalue weighted by Gasteiger charge is -1.89. The molecule has 11 heavy (non-hydrogen) atoms. The molecule has 1 heterocycles. The van der Waals surface area contributed by atoms with Crippen LogP contribution in [0.1, 0.15) is 12.5 Å². The van der Waals surface area contributed by atoms with E-state index in [0.29, 0.717) is 6.54 Å². The Balaban J connectivity index is 0.000000292. The summed E-state index contributed by atoms with van der Waals surface area (Å²) in [5.74, 6) is 0. The minimum absolute atomic E-state index is 0.250. The highest BCUT2D eigenvalue weighted by atomic mass is 16.2. The average Bonchev–Trinajstić information content (AvgIpc) is 2.08. The summed E-state index contributed by atoms with van der Waals surface area (Å²) >= 11 is 0. The van der Waals surface area contributed by atoms with E-state index < -0.39 is 0 Å². The smallest absolute Gasteiger partial charge is 0.0402 e. The fourth-order valence-corrected chi connectivity index (χ4v) is 0.519. The molecule has 1 rings (SSSR count). The van der Waals surface area contributed by atoms with Gasteiger partial charge in [-0.05, 0) is 18.6 Å². The van der Waals surface area contributed by atoms with Gasteiger partial charge in [0.25, 0.3) is 0 Å². The molecule has 3 heteroatoms. The number of hydrogen-bond acceptors (Lipinski definition) is 3. The number of aliphatic hydroxyl groups excluding tert-OH is 1. The minimum atomic E-state index is 0.250. The Morgan fingerprint density at radius 2 is 2.27 bits per heavy atom. The van der Waals surface area contributed by atoms with Crippen LogP contribution in [0.3, 0.4) is 0 Å². The zero-order valence-electron chi connectivity index (χ0n) is 6.70. The second-order valence-electron chi connectivity index (χ2n) is 1.88. The molecule has 0 saturated carbocycles. The fraction of sp³-hybridized carbons (Fsp3) is 0.375. The minimum Gasteiger partial charge on any atom is -0.397 e. The molecule has 0 aliphatic carbocycles. The lowest BCUT2D eigenvalue weighted by molar-refractivity contribution is 0.318. The predicted molar refractivity (Wildman–Crippen MR) is 44.9 cm³/mol. The molecule has 1 aromatic rings. The van der Waals surface area contributed by atoms with Gasteiger partial charge in [0.05, 0.1) is 0 Å². The number of rotatable bonds is 1. The van der Waals surface area contributed by atoms with Gasteiger partial charge in [0.15, 0.2) is 0 Å². The van der Waals surface area contributed by atoms with Gasteiger partial charge in [-0.15, -0.1) is 0 Å². The molecule has 0 radical (unpaired) electrons. The van der Waals surface area contributed by atoms with Crippen LogP contribution < -0.4 is 5.73 Å². The topological polar surface area (TPSA) is 59.1 Å². The van der Waals surface area contributed by atoms with E-state index >= 15 is 0 Å². The maximum Gasteiger partial charge on any atom is 0.0402 e. The van der Waals surface area contributed by atoms with Crippen molar-refractivity contribution in [2.24, 2.45) is 5.73 Å². The van der Waals surface area contributed by atoms with Crippen LogP contribution in [-0.4, -0.2) is 16.7 Å². The number of nitrogens with zero attached hydrogens (tertiary/aromatic N) is 1. The summed E-state index contributed by atoms with van der Waals surface area (Å²) in [6, 6.07) is 3.83. The van der Waals surface area contributed by atoms with E-state index in [1.54, 1.807) is 19.3 Å². The van der Waals surface area contributed by atoms with Crippen molar-refractivity contribution in [2.45, 2.75) is 13.5 Å². The van der Waals surface area contributed by atoms with Gasteiger partial charge >= 0.3 is 0 Å². The molecule has 0 saturated heterocycles. The first-order valence-corrected chi connectivity index (χ1v) is 3.55. The molecule has 0 spiro atoms. The summed E-state index contributed by atoms with van der Waals surface area (Å²) < 4.78 is 0. The summed E-state index contributed by atoms with van der Waals surface area (Å²) in [7, 11) is 0. The first kappa shape index (κ1) is 10.1. The Labute approximate surface area is 66.9 Å². The van der Waals surface area contributed by atoms with Crippen LogP contribution in [0, 0.1) is 0 Å². The van der Waals surface area contributed by atoms with E-state index in [9.17, 15) is 0 Å². The number of aliphatic hydroxyl groups is 1. The van der Waals surface area contributed by atoms with Crippen molar-refractivity contribution in [3.63, 3.8) is 0 Å². The van der Waals surface area contributed by atoms with Crippen LogP contribution in [0.5, 0.6) is 0 Å². The zero-order valence-corrected chi connectivity index (χ0v) is 6.70. The van der Waals surface area contributed by atoms with Crippen molar-refractivity contribution in [1.29, 1.82) is 0 Å². The van der Waals surface area contributed by atoms with Crippen LogP contribution >= 0.6 is 0 Å². The van der Waals surface area contributed by atoms with Gasteiger partial charge in [-0.1, -0.05) is 6.07 Å². The highest BCUT2D eigenvalue weighted by molar-refractivity contribution is 5.06. The van der Waals surface area contributed by atoms with Crippen molar-refractivity contribution in [3.8, 4) is 0 Å². The van der Waals surface area contributed by atoms with Gasteiger partial charge in [-0.2, -0.15) is 0 Å². The molecule has 0 bridgehead atoms. The van der Waals surface area contributed by atoms with Crippen molar-refractivity contribution in [3.05, 3.63) is 30.1 Å². The van der Waals surface area contributed by atoms with Crippen LogP contribution in [-0.2, 0) is 6.54 Å². The van der Waals surface area contributed by atoms with Crippen LogP contribution in [0.15, 0.2) is 24.5 Å². The van der Waals surface area contributed by atoms with Gasteiger partial charge in [0.1, 0.15) is 0 Å². The van der Waals surface area contributed by atoms with Crippen molar-refractivity contribution in [2.75, 3.05) is 6.61 Å². The first-order chi connectivity index (χ1) is 5.35. The summed E-state index contributed by atoms with van der Waals surface area (Å²) in [5, 5.41) is 7.57. The molecule has 62 valence electrons. The highest BCUT2D eigenvalue weighted by Crippen LogP contribution is 1.90. The van der Waals surface area contributed by atoms with Gasteiger partial charge in [-0.3, -0.25) is 4.98 Å². The summed E-state index contributed by atoms with van der Waals surface area (Å²) in [5.41, 5.74) is 6.39. The van der Waals surface area contributed by atoms with Gasteiger partial charge in [0, 0.05) is 25.5 Å². The molecule has 0 aliphatic rings. The molecule has 3 N–H and O–H groups in total. The molecule has 0 amide bonds. The lowest BCUT2D eigenvalue weighted by Crippen LogP contribution is -1.95. The molecule has 0 atom stereocenters. The van der Waals surface area contributed by atoms with E-state index in [0.717, 1.165) is 5.56 Å². The average molecular weight is 154 g/mol. The summed E-state index contributed by atoms with van der Waals surface area (Å²) in [6.07, 6.45) is 3.50. The van der Waals surface area contributed by atoms with E-state index in [4.69, 9.17) is 10.8 Å². The third-order valence-electron chi connectivity index (χ3n) is 0.958. The van der Waals surface area contributed by atoms with E-state index in [-0.39, 0.29) is 6.61 Å². The predicted octanol–water partition coefficient (Wildman–Crippen LogP) is 0.539. The monoisotopic (exact) mass is 154 g/mol. The standard InChI is InChI=1S/C6H8N2.C2H6O/c7-4-6-2-1-3-8-5-6;1-2-3/h1-3,5H,4,7H2;3H,2H2,1H3. The van der Waals surface area contributed by atoms with Crippen molar-refractivity contribution < 1.29 is 5.11 Å². The molecule has 1 aromatic heterocycles. The Bertz CT molecular complexity index is 165. The normalized spacial score (nSPS) is 8.27. The Hall–Kier alpha value is -0.930. The molecule has 0 aliphatic heterocycles. The van der Waals surface area contributed by atoms with E-state index in [1.165, 1.54) is 0 Å².